The number of hydrogen-bond donors (Lipinski definition) is 2. The van der Waals surface area contributed by atoms with Crippen molar-refractivity contribution in [3.8, 4) is 0 Å². The zero-order valence-electron chi connectivity index (χ0n) is 14.3. The van der Waals surface area contributed by atoms with Gasteiger partial charge in [-0.3, -0.25) is 10.4 Å². The SMILES string of the molecule is Cc1cccc(C)[n+]1O.Cc1cccc(C)[n+]1O.[Co+2].[N-]=C=S.[N-]=C=S. The number of hydrogen-bond acceptors (Lipinski definition) is 4. The van der Waals surface area contributed by atoms with Crippen LogP contribution in [0.1, 0.15) is 22.8 Å². The van der Waals surface area contributed by atoms with Crippen LogP contribution in [-0.2, 0) is 16.8 Å². The van der Waals surface area contributed by atoms with E-state index in [0.29, 0.717) is 0 Å². The van der Waals surface area contributed by atoms with E-state index >= 15 is 0 Å². The predicted molar refractivity (Wildman–Crippen MR) is 98.5 cm³/mol. The molecule has 2 aromatic heterocycles. The second-order valence-corrected chi connectivity index (χ2v) is 4.79. The summed E-state index contributed by atoms with van der Waals surface area (Å²) in [4.78, 5) is 0. The van der Waals surface area contributed by atoms with E-state index in [1.165, 1.54) is 19.8 Å². The Balaban J connectivity index is -0.000000287. The van der Waals surface area contributed by atoms with Gasteiger partial charge in [0.1, 0.15) is 0 Å². The second kappa shape index (κ2) is 16.9. The van der Waals surface area contributed by atoms with Crippen molar-refractivity contribution in [1.29, 1.82) is 0 Å². The molecule has 2 N–H and O–H groups in total. The molecular weight excluding hydrogens is 403 g/mol. The molecule has 25 heavy (non-hydrogen) atoms. The molecule has 0 saturated heterocycles. The third-order valence-corrected chi connectivity index (χ3v) is 2.69. The molecule has 2 heterocycles. The molecule has 9 heteroatoms. The Kier molecular flexibility index (Phi) is 18.8. The normalized spacial score (nSPS) is 7.52. The van der Waals surface area contributed by atoms with Crippen molar-refractivity contribution < 1.29 is 36.7 Å². The van der Waals surface area contributed by atoms with Crippen LogP contribution in [0, 0.1) is 27.7 Å². The molecule has 2 rings (SSSR count). The van der Waals surface area contributed by atoms with Gasteiger partial charge in [-0.1, -0.05) is 24.4 Å². The van der Waals surface area contributed by atoms with Crippen molar-refractivity contribution in [2.45, 2.75) is 27.7 Å². The van der Waals surface area contributed by atoms with E-state index in [4.69, 9.17) is 21.2 Å². The molecule has 0 saturated carbocycles. The third kappa shape index (κ3) is 13.0. The molecule has 0 unspecified atom stereocenters. The van der Waals surface area contributed by atoms with Crippen LogP contribution in [-0.4, -0.2) is 20.7 Å². The molecule has 0 amide bonds. The Morgan fingerprint density at radius 2 is 0.880 bits per heavy atom. The van der Waals surface area contributed by atoms with E-state index in [-0.39, 0.29) is 16.8 Å². The van der Waals surface area contributed by atoms with Crippen molar-refractivity contribution >= 4 is 34.8 Å². The minimum Gasteiger partial charge on any atom is -0.753 e. The van der Waals surface area contributed by atoms with Gasteiger partial charge >= 0.3 is 16.8 Å². The summed E-state index contributed by atoms with van der Waals surface area (Å²) < 4.78 is 2.33. The first kappa shape index (κ1) is 27.8. The summed E-state index contributed by atoms with van der Waals surface area (Å²) in [6.07, 6.45) is 0. The molecular formula is C16H20CoN4O2S2+2. The Morgan fingerprint density at radius 3 is 1.00 bits per heavy atom. The maximum Gasteiger partial charge on any atom is 2.00 e. The number of aromatic nitrogens is 2. The average molecular weight is 423 g/mol. The van der Waals surface area contributed by atoms with Crippen molar-refractivity contribution in [2.24, 2.45) is 0 Å². The van der Waals surface area contributed by atoms with Gasteiger partial charge in [0.2, 0.25) is 22.8 Å². The van der Waals surface area contributed by atoms with Gasteiger partial charge in [0.05, 0.1) is 0 Å². The van der Waals surface area contributed by atoms with E-state index in [0.717, 1.165) is 22.8 Å². The third-order valence-electron chi connectivity index (χ3n) is 2.69. The van der Waals surface area contributed by atoms with Crippen molar-refractivity contribution in [3.63, 3.8) is 0 Å². The van der Waals surface area contributed by atoms with Gasteiger partial charge in [-0.15, -0.1) is 0 Å². The smallest absolute Gasteiger partial charge is 0.753 e. The fourth-order valence-electron chi connectivity index (χ4n) is 1.49. The van der Waals surface area contributed by atoms with Crippen molar-refractivity contribution in [3.05, 3.63) is 70.0 Å². The molecule has 0 aromatic carbocycles. The zero-order valence-corrected chi connectivity index (χ0v) is 17.0. The number of rotatable bonds is 0. The van der Waals surface area contributed by atoms with Crippen LogP contribution < -0.4 is 9.46 Å². The van der Waals surface area contributed by atoms with E-state index in [1.54, 1.807) is 0 Å². The molecule has 0 aliphatic carbocycles. The fraction of sp³-hybridized carbons (Fsp3) is 0.250. The first-order valence-corrected chi connectivity index (χ1v) is 7.45. The zero-order chi connectivity index (χ0) is 19.1. The molecule has 1 radical (unpaired) electrons. The van der Waals surface area contributed by atoms with E-state index in [9.17, 15) is 0 Å². The minimum atomic E-state index is 0. The van der Waals surface area contributed by atoms with Crippen LogP contribution in [0.15, 0.2) is 36.4 Å². The summed E-state index contributed by atoms with van der Waals surface area (Å²) in [5.74, 6) is 0. The molecule has 0 spiro atoms. The first-order chi connectivity index (χ1) is 11.3. The van der Waals surface area contributed by atoms with Gasteiger partial charge in [-0.25, -0.2) is 0 Å². The Bertz CT molecular complexity index is 613. The summed E-state index contributed by atoms with van der Waals surface area (Å²) in [6, 6.07) is 11.2. The minimum absolute atomic E-state index is 0. The molecule has 0 atom stereocenters. The van der Waals surface area contributed by atoms with Crippen LogP contribution in [0.3, 0.4) is 0 Å². The summed E-state index contributed by atoms with van der Waals surface area (Å²) in [6.45, 7) is 7.42. The number of thiocarbonyl (C=S) groups is 2. The van der Waals surface area contributed by atoms with Crippen LogP contribution in [0.4, 0.5) is 0 Å². The average Bonchev–Trinajstić information content (AvgIpc) is 2.52. The van der Waals surface area contributed by atoms with E-state index in [1.807, 2.05) is 64.1 Å². The molecule has 6 nitrogen and oxygen atoms in total. The number of isothiocyanates is 2. The number of nitrogens with zero attached hydrogens (tertiary/aromatic N) is 4. The van der Waals surface area contributed by atoms with Crippen LogP contribution in [0.5, 0.6) is 0 Å². The van der Waals surface area contributed by atoms with Gasteiger partial charge < -0.3 is 10.8 Å². The molecule has 135 valence electrons. The van der Waals surface area contributed by atoms with Gasteiger partial charge in [0.25, 0.3) is 0 Å². The largest absolute Gasteiger partial charge is 2.00 e. The van der Waals surface area contributed by atoms with Crippen LogP contribution in [0.25, 0.3) is 10.8 Å². The van der Waals surface area contributed by atoms with Gasteiger partial charge in [-0.05, 0) is 12.1 Å². The second-order valence-electron chi connectivity index (χ2n) is 4.42. The maximum atomic E-state index is 9.12. The molecule has 0 aliphatic rings. The molecule has 0 fully saturated rings. The number of aryl methyl sites for hydroxylation is 4. The molecule has 0 aliphatic heterocycles. The molecule has 2 aromatic rings. The van der Waals surface area contributed by atoms with E-state index < -0.39 is 0 Å². The Hall–Kier alpha value is -1.99. The van der Waals surface area contributed by atoms with Gasteiger partial charge in [0.15, 0.2) is 0 Å². The van der Waals surface area contributed by atoms with Crippen LogP contribution in [0.2, 0.25) is 0 Å². The van der Waals surface area contributed by atoms with E-state index in [2.05, 4.69) is 24.4 Å². The Morgan fingerprint density at radius 1 is 0.720 bits per heavy atom. The monoisotopic (exact) mass is 423 g/mol. The Labute approximate surface area is 168 Å². The summed E-state index contributed by atoms with van der Waals surface area (Å²) >= 11 is 7.40. The first-order valence-electron chi connectivity index (χ1n) is 6.64. The van der Waals surface area contributed by atoms with Gasteiger partial charge in [-0.2, -0.15) is 10.3 Å². The maximum absolute atomic E-state index is 9.12. The summed E-state index contributed by atoms with van der Waals surface area (Å²) in [5, 5.41) is 35.2. The standard InChI is InChI=1S/2C7H10NO.2CNS.Co/c2*1-6-4-3-5-7(2)8(6)9;2*2-1-3;/h2*3-5,9H,1-2H3;;;/q2*+1;2*-1;+2. The van der Waals surface area contributed by atoms with Gasteiger partial charge in [0, 0.05) is 61.4 Å². The van der Waals surface area contributed by atoms with Crippen molar-refractivity contribution in [2.75, 3.05) is 0 Å². The fourth-order valence-corrected chi connectivity index (χ4v) is 1.49. The van der Waals surface area contributed by atoms with Crippen molar-refractivity contribution in [1.82, 2.24) is 0 Å². The van der Waals surface area contributed by atoms with Crippen LogP contribution >= 0.6 is 24.4 Å². The topological polar surface area (TPSA) is 92.8 Å². The summed E-state index contributed by atoms with van der Waals surface area (Å²) in [5.41, 5.74) is 3.43. The summed E-state index contributed by atoms with van der Waals surface area (Å²) in [7, 11) is 0. The quantitative estimate of drug-likeness (QED) is 0.295. The predicted octanol–water partition coefficient (Wildman–Crippen LogP) is 2.97. The molecule has 0 bridgehead atoms. The number of pyridine rings is 2.